The largest absolute Gasteiger partial charge is 0.309 e. The van der Waals surface area contributed by atoms with Gasteiger partial charge in [-0.05, 0) is 33.2 Å². The van der Waals surface area contributed by atoms with E-state index in [1.54, 1.807) is 11.3 Å². The number of thiazole rings is 1. The van der Waals surface area contributed by atoms with E-state index < -0.39 is 0 Å². The summed E-state index contributed by atoms with van der Waals surface area (Å²) in [6.07, 6.45) is 3.82. The molecule has 1 aliphatic carbocycles. The number of nitrogens with one attached hydrogen (secondary N) is 1. The first-order valence-corrected chi connectivity index (χ1v) is 5.26. The molecule has 0 unspecified atom stereocenters. The molecule has 0 amide bonds. The van der Waals surface area contributed by atoms with Crippen molar-refractivity contribution in [3.63, 3.8) is 0 Å². The monoisotopic (exact) mass is 182 g/mol. The van der Waals surface area contributed by atoms with Gasteiger partial charge in [0.25, 0.3) is 0 Å². The first kappa shape index (κ1) is 8.20. The van der Waals surface area contributed by atoms with Gasteiger partial charge in [0.05, 0.1) is 16.2 Å². The normalized spacial score (nSPS) is 20.5. The standard InChI is InChI=1S/C9H14N2S/c1-7-11-8(6-12-7)9(10-2)4-3-5-9/h6,10H,3-5H2,1-2H3. The molecule has 12 heavy (non-hydrogen) atoms. The second-order valence-electron chi connectivity index (χ2n) is 3.44. The van der Waals surface area contributed by atoms with Crippen molar-refractivity contribution in [2.45, 2.75) is 31.7 Å². The lowest BCUT2D eigenvalue weighted by Crippen LogP contribution is -2.46. The van der Waals surface area contributed by atoms with Crippen LogP contribution in [0.2, 0.25) is 0 Å². The fourth-order valence-corrected chi connectivity index (χ4v) is 2.46. The molecule has 0 radical (unpaired) electrons. The van der Waals surface area contributed by atoms with Crippen molar-refractivity contribution >= 4 is 11.3 Å². The Morgan fingerprint density at radius 3 is 2.67 bits per heavy atom. The van der Waals surface area contributed by atoms with Crippen molar-refractivity contribution in [3.05, 3.63) is 16.1 Å². The fourth-order valence-electron chi connectivity index (χ4n) is 1.75. The highest BCUT2D eigenvalue weighted by Crippen LogP contribution is 2.40. The van der Waals surface area contributed by atoms with Crippen molar-refractivity contribution in [2.24, 2.45) is 0 Å². The predicted molar refractivity (Wildman–Crippen MR) is 51.4 cm³/mol. The molecule has 0 bridgehead atoms. The van der Waals surface area contributed by atoms with Crippen LogP contribution in [0.3, 0.4) is 0 Å². The van der Waals surface area contributed by atoms with Crippen LogP contribution in [0.1, 0.15) is 30.0 Å². The molecule has 0 aliphatic heterocycles. The zero-order valence-electron chi connectivity index (χ0n) is 7.55. The number of hydrogen-bond donors (Lipinski definition) is 1. The third-order valence-corrected chi connectivity index (χ3v) is 3.57. The van der Waals surface area contributed by atoms with Crippen LogP contribution in [-0.4, -0.2) is 12.0 Å². The molecule has 1 aromatic rings. The van der Waals surface area contributed by atoms with E-state index in [-0.39, 0.29) is 5.54 Å². The zero-order valence-corrected chi connectivity index (χ0v) is 8.37. The molecule has 0 spiro atoms. The Kier molecular flexibility index (Phi) is 1.93. The van der Waals surface area contributed by atoms with Crippen molar-refractivity contribution in [1.82, 2.24) is 10.3 Å². The Hall–Kier alpha value is -0.410. The molecule has 1 saturated carbocycles. The van der Waals surface area contributed by atoms with Gasteiger partial charge in [0.15, 0.2) is 0 Å². The highest BCUT2D eigenvalue weighted by atomic mass is 32.1. The molecule has 0 aromatic carbocycles. The van der Waals surface area contributed by atoms with Gasteiger partial charge in [0.1, 0.15) is 0 Å². The number of rotatable bonds is 2. The second-order valence-corrected chi connectivity index (χ2v) is 4.50. The van der Waals surface area contributed by atoms with Crippen LogP contribution in [-0.2, 0) is 5.54 Å². The molecule has 2 rings (SSSR count). The molecule has 0 atom stereocenters. The molecule has 1 heterocycles. The topological polar surface area (TPSA) is 24.9 Å². The van der Waals surface area contributed by atoms with Crippen LogP contribution in [0.25, 0.3) is 0 Å². The average Bonchev–Trinajstić information content (AvgIpc) is 2.35. The molecule has 1 N–H and O–H groups in total. The molecule has 1 aromatic heterocycles. The van der Waals surface area contributed by atoms with Crippen molar-refractivity contribution in [1.29, 1.82) is 0 Å². The van der Waals surface area contributed by atoms with Gasteiger partial charge in [0, 0.05) is 5.38 Å². The minimum atomic E-state index is 0.227. The summed E-state index contributed by atoms with van der Waals surface area (Å²) in [4.78, 5) is 4.53. The maximum absolute atomic E-state index is 4.53. The minimum Gasteiger partial charge on any atom is -0.309 e. The van der Waals surface area contributed by atoms with Crippen LogP contribution in [0.4, 0.5) is 0 Å². The first-order valence-electron chi connectivity index (χ1n) is 4.38. The highest BCUT2D eigenvalue weighted by Gasteiger charge is 2.38. The second kappa shape index (κ2) is 2.82. The van der Waals surface area contributed by atoms with Crippen LogP contribution < -0.4 is 5.32 Å². The van der Waals surface area contributed by atoms with E-state index in [0.29, 0.717) is 0 Å². The van der Waals surface area contributed by atoms with Gasteiger partial charge in [0.2, 0.25) is 0 Å². The molecule has 1 fully saturated rings. The van der Waals surface area contributed by atoms with E-state index in [1.165, 1.54) is 30.0 Å². The lowest BCUT2D eigenvalue weighted by molar-refractivity contribution is 0.195. The summed E-state index contributed by atoms with van der Waals surface area (Å²) >= 11 is 1.74. The maximum Gasteiger partial charge on any atom is 0.0898 e. The Labute approximate surface area is 77.0 Å². The van der Waals surface area contributed by atoms with E-state index in [9.17, 15) is 0 Å². The van der Waals surface area contributed by atoms with Gasteiger partial charge in [-0.1, -0.05) is 0 Å². The lowest BCUT2D eigenvalue weighted by atomic mass is 9.75. The molecule has 3 heteroatoms. The van der Waals surface area contributed by atoms with Gasteiger partial charge in [-0.15, -0.1) is 11.3 Å². The average molecular weight is 182 g/mol. The Morgan fingerprint density at radius 2 is 2.33 bits per heavy atom. The van der Waals surface area contributed by atoms with E-state index in [2.05, 4.69) is 22.6 Å². The summed E-state index contributed by atoms with van der Waals surface area (Å²) in [7, 11) is 2.04. The third kappa shape index (κ3) is 1.08. The predicted octanol–water partition coefficient (Wildman–Crippen LogP) is 2.05. The van der Waals surface area contributed by atoms with Crippen LogP contribution in [0.5, 0.6) is 0 Å². The lowest BCUT2D eigenvalue weighted by Gasteiger charge is -2.40. The molecule has 0 saturated heterocycles. The van der Waals surface area contributed by atoms with E-state index in [0.717, 1.165) is 0 Å². The molecular formula is C9H14N2S. The summed E-state index contributed by atoms with van der Waals surface area (Å²) in [5.41, 5.74) is 1.48. The third-order valence-electron chi connectivity index (χ3n) is 2.79. The quantitative estimate of drug-likeness (QED) is 0.757. The van der Waals surface area contributed by atoms with Crippen molar-refractivity contribution < 1.29 is 0 Å². The van der Waals surface area contributed by atoms with Crippen LogP contribution in [0.15, 0.2) is 5.38 Å². The summed E-state index contributed by atoms with van der Waals surface area (Å²) in [6, 6.07) is 0. The van der Waals surface area contributed by atoms with Crippen LogP contribution >= 0.6 is 11.3 Å². The highest BCUT2D eigenvalue weighted by molar-refractivity contribution is 7.09. The first-order chi connectivity index (χ1) is 5.77. The molecule has 2 nitrogen and oxygen atoms in total. The Bertz CT molecular complexity index is 270. The SMILES string of the molecule is CNC1(c2csc(C)n2)CCC1. The van der Waals surface area contributed by atoms with Gasteiger partial charge in [-0.3, -0.25) is 0 Å². The smallest absolute Gasteiger partial charge is 0.0898 e. The van der Waals surface area contributed by atoms with Gasteiger partial charge < -0.3 is 5.32 Å². The van der Waals surface area contributed by atoms with E-state index in [4.69, 9.17) is 0 Å². The van der Waals surface area contributed by atoms with Gasteiger partial charge in [-0.2, -0.15) is 0 Å². The number of aryl methyl sites for hydroxylation is 1. The summed E-state index contributed by atoms with van der Waals surface area (Å²) in [6.45, 7) is 2.07. The molecule has 1 aliphatic rings. The zero-order chi connectivity index (χ0) is 8.60. The molecular weight excluding hydrogens is 168 g/mol. The van der Waals surface area contributed by atoms with Gasteiger partial charge in [-0.25, -0.2) is 4.98 Å². The van der Waals surface area contributed by atoms with Gasteiger partial charge >= 0.3 is 0 Å². The van der Waals surface area contributed by atoms with Crippen molar-refractivity contribution in [3.8, 4) is 0 Å². The van der Waals surface area contributed by atoms with E-state index >= 15 is 0 Å². The fraction of sp³-hybridized carbons (Fsp3) is 0.667. The summed E-state index contributed by atoms with van der Waals surface area (Å²) in [5, 5.41) is 6.75. The summed E-state index contributed by atoms with van der Waals surface area (Å²) in [5.74, 6) is 0. The minimum absolute atomic E-state index is 0.227. The van der Waals surface area contributed by atoms with Crippen molar-refractivity contribution in [2.75, 3.05) is 7.05 Å². The number of nitrogens with zero attached hydrogens (tertiary/aromatic N) is 1. The Balaban J connectivity index is 2.27. The van der Waals surface area contributed by atoms with E-state index in [1.807, 2.05) is 7.05 Å². The van der Waals surface area contributed by atoms with Crippen LogP contribution in [0, 0.1) is 6.92 Å². The molecule has 66 valence electrons. The maximum atomic E-state index is 4.53. The summed E-state index contributed by atoms with van der Waals surface area (Å²) < 4.78 is 0. The Morgan fingerprint density at radius 1 is 1.58 bits per heavy atom. The number of hydrogen-bond acceptors (Lipinski definition) is 3. The number of aromatic nitrogens is 1.